The van der Waals surface area contributed by atoms with E-state index in [1.807, 2.05) is 24.3 Å². The molecule has 0 atom stereocenters. The second-order valence-electron chi connectivity index (χ2n) is 6.21. The van der Waals surface area contributed by atoms with E-state index in [9.17, 15) is 8.42 Å². The molecule has 5 nitrogen and oxygen atoms in total. The van der Waals surface area contributed by atoms with Crippen LogP contribution in [-0.2, 0) is 23.2 Å². The van der Waals surface area contributed by atoms with E-state index < -0.39 is 10.0 Å². The van der Waals surface area contributed by atoms with Gasteiger partial charge in [-0.2, -0.15) is 0 Å². The molecule has 3 aromatic rings. The third-order valence-corrected chi connectivity index (χ3v) is 6.23. The number of anilines is 1. The number of nitrogens with one attached hydrogen (secondary N) is 1. The maximum atomic E-state index is 11.4. The SMILES string of the molecule is NS(=O)(=O)c1ccc(NCc2cc(Br)ccc2OCc2ccc(Cl)c(Cl)c2)cc1. The molecule has 0 saturated carbocycles. The van der Waals surface area contributed by atoms with Gasteiger partial charge in [0.05, 0.1) is 14.9 Å². The number of rotatable bonds is 7. The van der Waals surface area contributed by atoms with Crippen molar-refractivity contribution in [3.63, 3.8) is 0 Å². The number of hydrogen-bond acceptors (Lipinski definition) is 4. The van der Waals surface area contributed by atoms with Gasteiger partial charge in [-0.05, 0) is 60.2 Å². The summed E-state index contributed by atoms with van der Waals surface area (Å²) in [4.78, 5) is 0.0659. The van der Waals surface area contributed by atoms with Crippen LogP contribution in [0.2, 0.25) is 10.0 Å². The Balaban J connectivity index is 1.70. The van der Waals surface area contributed by atoms with Crippen molar-refractivity contribution in [2.24, 2.45) is 5.14 Å². The summed E-state index contributed by atoms with van der Waals surface area (Å²) in [6, 6.07) is 17.3. The van der Waals surface area contributed by atoms with Crippen LogP contribution in [-0.4, -0.2) is 8.42 Å². The van der Waals surface area contributed by atoms with Gasteiger partial charge in [-0.1, -0.05) is 45.2 Å². The van der Waals surface area contributed by atoms with Gasteiger partial charge in [-0.15, -0.1) is 0 Å². The molecule has 0 aromatic heterocycles. The minimum absolute atomic E-state index is 0.0659. The Morgan fingerprint density at radius 1 is 0.966 bits per heavy atom. The van der Waals surface area contributed by atoms with Crippen molar-refractivity contribution >= 4 is 54.8 Å². The summed E-state index contributed by atoms with van der Waals surface area (Å²) in [6.07, 6.45) is 0. The Bertz CT molecular complexity index is 1120. The van der Waals surface area contributed by atoms with E-state index >= 15 is 0 Å². The van der Waals surface area contributed by atoms with Crippen molar-refractivity contribution in [1.82, 2.24) is 0 Å². The number of primary sulfonamides is 1. The Hall–Kier alpha value is -1.77. The minimum atomic E-state index is -3.71. The van der Waals surface area contributed by atoms with Gasteiger partial charge in [0.15, 0.2) is 0 Å². The van der Waals surface area contributed by atoms with Crippen LogP contribution in [0.3, 0.4) is 0 Å². The van der Waals surface area contributed by atoms with Crippen molar-refractivity contribution in [2.75, 3.05) is 5.32 Å². The van der Waals surface area contributed by atoms with Crippen LogP contribution in [0, 0.1) is 0 Å². The number of ether oxygens (including phenoxy) is 1. The van der Waals surface area contributed by atoms with Gasteiger partial charge < -0.3 is 10.1 Å². The lowest BCUT2D eigenvalue weighted by atomic mass is 10.2. The maximum absolute atomic E-state index is 11.4. The summed E-state index contributed by atoms with van der Waals surface area (Å²) < 4.78 is 29.6. The highest BCUT2D eigenvalue weighted by molar-refractivity contribution is 9.10. The number of hydrogen-bond donors (Lipinski definition) is 2. The van der Waals surface area contributed by atoms with E-state index in [0.717, 1.165) is 21.3 Å². The van der Waals surface area contributed by atoms with E-state index in [1.165, 1.54) is 12.1 Å². The normalized spacial score (nSPS) is 11.3. The lowest BCUT2D eigenvalue weighted by Crippen LogP contribution is -2.12. The van der Waals surface area contributed by atoms with E-state index in [-0.39, 0.29) is 4.90 Å². The highest BCUT2D eigenvalue weighted by atomic mass is 79.9. The largest absolute Gasteiger partial charge is 0.489 e. The highest BCUT2D eigenvalue weighted by Gasteiger charge is 2.09. The monoisotopic (exact) mass is 514 g/mol. The van der Waals surface area contributed by atoms with Crippen LogP contribution < -0.4 is 15.2 Å². The molecule has 3 rings (SSSR count). The van der Waals surface area contributed by atoms with Crippen LogP contribution >= 0.6 is 39.1 Å². The zero-order valence-electron chi connectivity index (χ0n) is 15.0. The van der Waals surface area contributed by atoms with Crippen molar-refractivity contribution in [2.45, 2.75) is 18.0 Å². The smallest absolute Gasteiger partial charge is 0.238 e. The minimum Gasteiger partial charge on any atom is -0.489 e. The molecule has 0 radical (unpaired) electrons. The van der Waals surface area contributed by atoms with Crippen molar-refractivity contribution < 1.29 is 13.2 Å². The molecular weight excluding hydrogens is 499 g/mol. The van der Waals surface area contributed by atoms with Gasteiger partial charge in [0.1, 0.15) is 12.4 Å². The summed E-state index contributed by atoms with van der Waals surface area (Å²) in [6.45, 7) is 0.819. The number of nitrogens with two attached hydrogens (primary N) is 1. The Morgan fingerprint density at radius 2 is 1.69 bits per heavy atom. The Kier molecular flexibility index (Phi) is 7.08. The van der Waals surface area contributed by atoms with Crippen molar-refractivity contribution in [1.29, 1.82) is 0 Å². The van der Waals surface area contributed by atoms with Crippen LogP contribution in [0.1, 0.15) is 11.1 Å². The molecule has 0 fully saturated rings. The molecule has 0 aliphatic heterocycles. The molecule has 0 bridgehead atoms. The van der Waals surface area contributed by atoms with Crippen LogP contribution in [0.5, 0.6) is 5.75 Å². The molecule has 0 amide bonds. The molecule has 0 unspecified atom stereocenters. The first-order chi connectivity index (χ1) is 13.7. The summed E-state index contributed by atoms with van der Waals surface area (Å²) in [5, 5.41) is 9.35. The van der Waals surface area contributed by atoms with Gasteiger partial charge >= 0.3 is 0 Å². The maximum Gasteiger partial charge on any atom is 0.238 e. The second-order valence-corrected chi connectivity index (χ2v) is 9.50. The third kappa shape index (κ3) is 6.10. The summed E-state index contributed by atoms with van der Waals surface area (Å²) >= 11 is 15.5. The van der Waals surface area contributed by atoms with Gasteiger partial charge in [-0.25, -0.2) is 13.6 Å². The highest BCUT2D eigenvalue weighted by Crippen LogP contribution is 2.27. The summed E-state index contributed by atoms with van der Waals surface area (Å²) in [5.41, 5.74) is 2.59. The van der Waals surface area contributed by atoms with E-state index in [2.05, 4.69) is 21.2 Å². The van der Waals surface area contributed by atoms with Crippen LogP contribution in [0.25, 0.3) is 0 Å². The van der Waals surface area contributed by atoms with Crippen LogP contribution in [0.15, 0.2) is 70.0 Å². The van der Waals surface area contributed by atoms with Crippen LogP contribution in [0.4, 0.5) is 5.69 Å². The zero-order chi connectivity index (χ0) is 21.0. The van der Waals surface area contributed by atoms with E-state index in [4.69, 9.17) is 33.1 Å². The number of sulfonamides is 1. The predicted molar refractivity (Wildman–Crippen MR) is 120 cm³/mol. The fraction of sp³-hybridized carbons (Fsp3) is 0.100. The Labute approximate surface area is 188 Å². The van der Waals surface area contributed by atoms with Gasteiger partial charge in [0.2, 0.25) is 10.0 Å². The zero-order valence-corrected chi connectivity index (χ0v) is 18.9. The van der Waals surface area contributed by atoms with Crippen molar-refractivity contribution in [3.05, 3.63) is 86.3 Å². The predicted octanol–water partition coefficient (Wildman–Crippen LogP) is 5.59. The second kappa shape index (κ2) is 9.36. The summed E-state index contributed by atoms with van der Waals surface area (Å²) in [5.74, 6) is 0.716. The number of halogens is 3. The first-order valence-electron chi connectivity index (χ1n) is 8.44. The van der Waals surface area contributed by atoms with Gasteiger partial charge in [-0.3, -0.25) is 0 Å². The van der Waals surface area contributed by atoms with E-state index in [1.54, 1.807) is 24.3 Å². The van der Waals surface area contributed by atoms with Crippen molar-refractivity contribution in [3.8, 4) is 5.75 Å². The molecule has 0 saturated heterocycles. The molecule has 3 N–H and O–H groups in total. The molecule has 29 heavy (non-hydrogen) atoms. The quantitative estimate of drug-likeness (QED) is 0.429. The fourth-order valence-electron chi connectivity index (χ4n) is 2.58. The average Bonchev–Trinajstić information content (AvgIpc) is 2.68. The molecule has 0 aliphatic carbocycles. The molecule has 152 valence electrons. The molecule has 3 aromatic carbocycles. The standard InChI is InChI=1S/C20H17BrCl2N2O3S/c21-15-2-8-20(28-12-13-1-7-18(22)19(23)9-13)14(10-15)11-25-16-3-5-17(6-4-16)29(24,26)27/h1-10,25H,11-12H2,(H2,24,26,27). The lowest BCUT2D eigenvalue weighted by molar-refractivity contribution is 0.303. The lowest BCUT2D eigenvalue weighted by Gasteiger charge is -2.14. The topological polar surface area (TPSA) is 81.4 Å². The number of benzene rings is 3. The molecule has 0 heterocycles. The molecule has 0 aliphatic rings. The van der Waals surface area contributed by atoms with Gasteiger partial charge in [0, 0.05) is 22.3 Å². The average molecular weight is 516 g/mol. The van der Waals surface area contributed by atoms with E-state index in [0.29, 0.717) is 28.9 Å². The van der Waals surface area contributed by atoms with Gasteiger partial charge in [0.25, 0.3) is 0 Å². The molecule has 9 heteroatoms. The first-order valence-corrected chi connectivity index (χ1v) is 11.5. The third-order valence-electron chi connectivity index (χ3n) is 4.07. The molecule has 0 spiro atoms. The molecular formula is C20H17BrCl2N2O3S. The summed E-state index contributed by atoms with van der Waals surface area (Å²) in [7, 11) is -3.71. The fourth-order valence-corrected chi connectivity index (χ4v) is 3.82. The first kappa shape index (κ1) is 21.9. The Morgan fingerprint density at radius 3 is 2.34 bits per heavy atom.